The van der Waals surface area contributed by atoms with Gasteiger partial charge in [-0.15, -0.1) is 11.3 Å². The molecule has 5 rings (SSSR count). The van der Waals surface area contributed by atoms with E-state index in [1.165, 1.54) is 12.0 Å². The van der Waals surface area contributed by atoms with Crippen molar-refractivity contribution in [1.29, 1.82) is 0 Å². The second-order valence-corrected chi connectivity index (χ2v) is 9.07. The number of carboxylic acid groups (broad SMARTS) is 1. The number of para-hydroxylation sites is 1. The summed E-state index contributed by atoms with van der Waals surface area (Å²) in [7, 11) is 1.52. The fraction of sp³-hybridized carbons (Fsp3) is 0.167. The van der Waals surface area contributed by atoms with Gasteiger partial charge in [-0.05, 0) is 29.3 Å². The van der Waals surface area contributed by atoms with E-state index >= 15 is 0 Å². The molecule has 9 nitrogen and oxygen atoms in total. The third-order valence-electron chi connectivity index (χ3n) is 6.14. The third kappa shape index (κ3) is 2.99. The molecule has 1 spiro atoms. The molecule has 2 aromatic carbocycles. The van der Waals surface area contributed by atoms with E-state index in [1.54, 1.807) is 48.5 Å². The van der Waals surface area contributed by atoms with Gasteiger partial charge < -0.3 is 25.8 Å². The number of carbonyl (C=O) groups excluding carboxylic acids is 3. The number of fused-ring (bicyclic) bond motifs is 4. The number of aromatic carboxylic acids is 1. The molecule has 3 aromatic rings. The molecule has 4 N–H and O–H groups in total. The molecular weight excluding hydrogens is 458 g/mol. The van der Waals surface area contributed by atoms with Gasteiger partial charge in [0.2, 0.25) is 17.7 Å². The summed E-state index contributed by atoms with van der Waals surface area (Å²) < 4.78 is 5.20. The standard InChI is InChI=1S/C24H19N3O6S/c1-33-13-8-6-12(7-9-13)18-19-21(34-20(18)22(30)31)24(10-17(29)26-19)14-4-2-3-5-15(14)27(23(24)32)11-16(25)28/h2-9H,10-11H2,1H3,(H2,25,28)(H,26,29)(H,30,31)/t24-/m1/s1. The normalized spacial score (nSPS) is 18.4. The topological polar surface area (TPSA) is 139 Å². The maximum Gasteiger partial charge on any atom is 0.346 e. The second-order valence-electron chi connectivity index (χ2n) is 8.05. The van der Waals surface area contributed by atoms with Crippen molar-refractivity contribution in [1.82, 2.24) is 0 Å². The van der Waals surface area contributed by atoms with Crippen molar-refractivity contribution >= 4 is 46.4 Å². The Balaban J connectivity index is 1.80. The molecule has 1 aromatic heterocycles. The van der Waals surface area contributed by atoms with E-state index in [0.717, 1.165) is 11.3 Å². The van der Waals surface area contributed by atoms with Gasteiger partial charge in [-0.2, -0.15) is 0 Å². The quantitative estimate of drug-likeness (QED) is 0.516. The molecule has 0 aliphatic carbocycles. The molecule has 1 atom stereocenters. The van der Waals surface area contributed by atoms with E-state index in [9.17, 15) is 24.3 Å². The predicted molar refractivity (Wildman–Crippen MR) is 125 cm³/mol. The van der Waals surface area contributed by atoms with Gasteiger partial charge in [0.1, 0.15) is 22.6 Å². The van der Waals surface area contributed by atoms with E-state index in [2.05, 4.69) is 5.32 Å². The van der Waals surface area contributed by atoms with Gasteiger partial charge in [0.05, 0.1) is 24.1 Å². The van der Waals surface area contributed by atoms with Crippen molar-refractivity contribution in [3.05, 3.63) is 63.8 Å². The lowest BCUT2D eigenvalue weighted by molar-refractivity contribution is -0.127. The van der Waals surface area contributed by atoms with Crippen LogP contribution in [0.1, 0.15) is 26.5 Å². The van der Waals surface area contributed by atoms with Crippen LogP contribution in [0.4, 0.5) is 11.4 Å². The van der Waals surface area contributed by atoms with Crippen LogP contribution >= 0.6 is 11.3 Å². The fourth-order valence-electron chi connectivity index (χ4n) is 4.77. The molecule has 3 amide bonds. The van der Waals surface area contributed by atoms with Crippen LogP contribution in [0.5, 0.6) is 5.75 Å². The number of methoxy groups -OCH3 is 1. The Morgan fingerprint density at radius 1 is 1.18 bits per heavy atom. The minimum atomic E-state index is -1.46. The van der Waals surface area contributed by atoms with E-state index in [1.807, 2.05) is 0 Å². The Kier molecular flexibility index (Phi) is 4.90. The molecule has 0 saturated carbocycles. The minimum absolute atomic E-state index is 0.00428. The van der Waals surface area contributed by atoms with E-state index < -0.39 is 29.1 Å². The largest absolute Gasteiger partial charge is 0.497 e. The van der Waals surface area contributed by atoms with Crippen molar-refractivity contribution in [2.24, 2.45) is 5.73 Å². The third-order valence-corrected chi connectivity index (χ3v) is 7.48. The molecule has 2 aliphatic heterocycles. The van der Waals surface area contributed by atoms with Gasteiger partial charge in [0, 0.05) is 11.3 Å². The number of primary amides is 1. The van der Waals surface area contributed by atoms with Gasteiger partial charge in [-0.3, -0.25) is 14.4 Å². The lowest BCUT2D eigenvalue weighted by atomic mass is 9.74. The average Bonchev–Trinajstić information content (AvgIpc) is 3.30. The highest BCUT2D eigenvalue weighted by atomic mass is 32.1. The van der Waals surface area contributed by atoms with Crippen LogP contribution in [0, 0.1) is 0 Å². The number of thiophene rings is 1. The molecule has 3 heterocycles. The number of hydrogen-bond donors (Lipinski definition) is 3. The predicted octanol–water partition coefficient (Wildman–Crippen LogP) is 2.58. The lowest BCUT2D eigenvalue weighted by Gasteiger charge is -2.32. The summed E-state index contributed by atoms with van der Waals surface area (Å²) in [6.07, 6.45) is -0.216. The lowest BCUT2D eigenvalue weighted by Crippen LogP contribution is -2.47. The summed E-state index contributed by atoms with van der Waals surface area (Å²) in [5.74, 6) is -2.20. The Morgan fingerprint density at radius 2 is 1.88 bits per heavy atom. The number of ether oxygens (including phenoxy) is 1. The summed E-state index contributed by atoms with van der Waals surface area (Å²) in [5, 5.41) is 12.8. The van der Waals surface area contributed by atoms with Crippen LogP contribution in [0.3, 0.4) is 0 Å². The number of amides is 3. The molecule has 34 heavy (non-hydrogen) atoms. The van der Waals surface area contributed by atoms with Gasteiger partial charge in [-0.25, -0.2) is 4.79 Å². The Morgan fingerprint density at radius 3 is 2.53 bits per heavy atom. The van der Waals surface area contributed by atoms with Crippen molar-refractivity contribution in [3.8, 4) is 16.9 Å². The first-order valence-electron chi connectivity index (χ1n) is 10.3. The summed E-state index contributed by atoms with van der Waals surface area (Å²) in [5.41, 5.74) is 6.12. The van der Waals surface area contributed by atoms with Crippen LogP contribution in [0.15, 0.2) is 48.5 Å². The van der Waals surface area contributed by atoms with E-state index in [0.29, 0.717) is 33.0 Å². The number of nitrogens with one attached hydrogen (secondary N) is 1. The van der Waals surface area contributed by atoms with Crippen molar-refractivity contribution < 1.29 is 29.0 Å². The van der Waals surface area contributed by atoms with Crippen LogP contribution < -0.4 is 20.7 Å². The summed E-state index contributed by atoms with van der Waals surface area (Å²) in [6, 6.07) is 13.7. The maximum atomic E-state index is 13.9. The minimum Gasteiger partial charge on any atom is -0.497 e. The van der Waals surface area contributed by atoms with Crippen LogP contribution in [-0.4, -0.2) is 42.5 Å². The maximum absolute atomic E-state index is 13.9. The molecule has 0 bridgehead atoms. The van der Waals surface area contributed by atoms with Crippen LogP contribution in [0.2, 0.25) is 0 Å². The molecule has 0 unspecified atom stereocenters. The summed E-state index contributed by atoms with van der Waals surface area (Å²) >= 11 is 0.952. The number of rotatable bonds is 5. The molecule has 2 aliphatic rings. The molecule has 0 fully saturated rings. The fourth-order valence-corrected chi connectivity index (χ4v) is 6.08. The van der Waals surface area contributed by atoms with Gasteiger partial charge in [-0.1, -0.05) is 30.3 Å². The number of carbonyl (C=O) groups is 4. The second kappa shape index (κ2) is 7.70. The Hall–Kier alpha value is -4.18. The zero-order chi connectivity index (χ0) is 24.2. The molecule has 172 valence electrons. The molecule has 0 saturated heterocycles. The highest BCUT2D eigenvalue weighted by molar-refractivity contribution is 7.15. The Labute approximate surface area is 197 Å². The first kappa shape index (κ1) is 21.7. The van der Waals surface area contributed by atoms with Crippen LogP contribution in [-0.2, 0) is 19.8 Å². The molecule has 10 heteroatoms. The average molecular weight is 477 g/mol. The van der Waals surface area contributed by atoms with Gasteiger partial charge in [0.25, 0.3) is 0 Å². The number of nitrogens with zero attached hydrogens (tertiary/aromatic N) is 1. The zero-order valence-corrected chi connectivity index (χ0v) is 18.8. The number of hydrogen-bond acceptors (Lipinski definition) is 6. The van der Waals surface area contributed by atoms with Crippen molar-refractivity contribution in [3.63, 3.8) is 0 Å². The summed E-state index contributed by atoms with van der Waals surface area (Å²) in [6.45, 7) is -0.350. The zero-order valence-electron chi connectivity index (χ0n) is 18.0. The first-order valence-corrected chi connectivity index (χ1v) is 11.1. The molecule has 0 radical (unpaired) electrons. The monoisotopic (exact) mass is 477 g/mol. The van der Waals surface area contributed by atoms with E-state index in [-0.39, 0.29) is 23.5 Å². The molecular formula is C24H19N3O6S. The number of benzene rings is 2. The van der Waals surface area contributed by atoms with Crippen molar-refractivity contribution in [2.45, 2.75) is 11.8 Å². The smallest absolute Gasteiger partial charge is 0.346 e. The van der Waals surface area contributed by atoms with Crippen LogP contribution in [0.25, 0.3) is 11.1 Å². The number of carboxylic acids is 1. The first-order chi connectivity index (χ1) is 16.3. The van der Waals surface area contributed by atoms with Gasteiger partial charge >= 0.3 is 5.97 Å². The number of nitrogens with two attached hydrogens (primary N) is 1. The van der Waals surface area contributed by atoms with E-state index in [4.69, 9.17) is 10.5 Å². The SMILES string of the molecule is COc1ccc(-c2c(C(=O)O)sc3c2NC(=O)C[C@]32C(=O)N(CC(N)=O)c3ccccc32)cc1. The Bertz CT molecular complexity index is 1380. The van der Waals surface area contributed by atoms with Crippen molar-refractivity contribution in [2.75, 3.05) is 23.9 Å². The number of anilines is 2. The highest BCUT2D eigenvalue weighted by Crippen LogP contribution is 2.57. The van der Waals surface area contributed by atoms with Gasteiger partial charge in [0.15, 0.2) is 0 Å². The summed E-state index contributed by atoms with van der Waals surface area (Å²) in [4.78, 5) is 52.6. The highest BCUT2D eigenvalue weighted by Gasteiger charge is 2.58.